The first kappa shape index (κ1) is 11.8. The Morgan fingerprint density at radius 3 is 2.61 bits per heavy atom. The Bertz CT molecular complexity index is 452. The molecule has 2 heterocycles. The van der Waals surface area contributed by atoms with E-state index in [2.05, 4.69) is 19.8 Å². The zero-order valence-corrected chi connectivity index (χ0v) is 11.1. The molecular weight excluding hydrogens is 246 g/mol. The van der Waals surface area contributed by atoms with Gasteiger partial charge in [-0.2, -0.15) is 0 Å². The molecule has 0 amide bonds. The first-order chi connectivity index (χ1) is 8.74. The van der Waals surface area contributed by atoms with Crippen molar-refractivity contribution in [2.45, 2.75) is 18.9 Å². The van der Waals surface area contributed by atoms with Gasteiger partial charge in [-0.1, -0.05) is 12.2 Å². The summed E-state index contributed by atoms with van der Waals surface area (Å²) in [4.78, 5) is 13.8. The monoisotopic (exact) mass is 263 g/mol. The van der Waals surface area contributed by atoms with E-state index in [1.165, 1.54) is 12.8 Å². The number of rotatable bonds is 3. The van der Waals surface area contributed by atoms with E-state index in [4.69, 9.17) is 18.0 Å². The van der Waals surface area contributed by atoms with Crippen LogP contribution in [0.4, 0.5) is 5.95 Å². The van der Waals surface area contributed by atoms with Crippen LogP contribution in [0.1, 0.15) is 18.5 Å². The van der Waals surface area contributed by atoms with E-state index in [0.29, 0.717) is 10.7 Å². The molecule has 18 heavy (non-hydrogen) atoms. The number of aromatic nitrogens is 2. The molecule has 1 aromatic rings. The summed E-state index contributed by atoms with van der Waals surface area (Å²) >= 11 is 4.95. The molecule has 0 unspecified atom stereocenters. The number of nitrogens with zero attached hydrogens (tertiary/aromatic N) is 4. The Morgan fingerprint density at radius 1 is 1.28 bits per heavy atom. The molecule has 1 saturated carbocycles. The van der Waals surface area contributed by atoms with Crippen LogP contribution in [-0.4, -0.2) is 52.1 Å². The Balaban J connectivity index is 1.67. The maximum absolute atomic E-state index is 5.60. The molecule has 5 nitrogen and oxygen atoms in total. The normalized spacial score (nSPS) is 21.0. The van der Waals surface area contributed by atoms with Crippen molar-refractivity contribution in [1.29, 1.82) is 0 Å². The molecule has 0 atom stereocenters. The molecule has 2 fully saturated rings. The first-order valence-electron chi connectivity index (χ1n) is 6.36. The summed E-state index contributed by atoms with van der Waals surface area (Å²) in [7, 11) is 0. The van der Waals surface area contributed by atoms with Crippen LogP contribution in [0.25, 0.3) is 0 Å². The summed E-state index contributed by atoms with van der Waals surface area (Å²) in [5.74, 6) is 0.746. The van der Waals surface area contributed by atoms with E-state index in [9.17, 15) is 0 Å². The summed E-state index contributed by atoms with van der Waals surface area (Å²) in [5.41, 5.74) is 6.25. The number of piperazine rings is 1. The molecule has 0 spiro atoms. The highest BCUT2D eigenvalue weighted by Gasteiger charge is 2.31. The van der Waals surface area contributed by atoms with Crippen LogP contribution in [0.3, 0.4) is 0 Å². The highest BCUT2D eigenvalue weighted by Crippen LogP contribution is 2.27. The number of hydrogen-bond acceptors (Lipinski definition) is 5. The van der Waals surface area contributed by atoms with Crippen LogP contribution in [0.15, 0.2) is 12.3 Å². The van der Waals surface area contributed by atoms with Gasteiger partial charge in [-0.3, -0.25) is 4.90 Å². The Hall–Kier alpha value is -1.27. The quantitative estimate of drug-likeness (QED) is 0.796. The van der Waals surface area contributed by atoms with Crippen molar-refractivity contribution in [1.82, 2.24) is 14.9 Å². The topological polar surface area (TPSA) is 58.3 Å². The fourth-order valence-corrected chi connectivity index (χ4v) is 2.48. The van der Waals surface area contributed by atoms with E-state index in [1.54, 1.807) is 12.3 Å². The molecule has 2 aliphatic rings. The van der Waals surface area contributed by atoms with Crippen LogP contribution in [0, 0.1) is 0 Å². The standard InChI is InChI=1S/C12H17N5S/c13-11(18)10-3-4-14-12(15-10)17-7-5-16(6-8-17)9-1-2-9/h3-4,9H,1-2,5-8H2,(H2,13,18). The van der Waals surface area contributed by atoms with Gasteiger partial charge in [0.15, 0.2) is 0 Å². The van der Waals surface area contributed by atoms with Crippen molar-refractivity contribution in [2.24, 2.45) is 5.73 Å². The Morgan fingerprint density at radius 2 is 2.00 bits per heavy atom. The minimum atomic E-state index is 0.329. The summed E-state index contributed by atoms with van der Waals surface area (Å²) in [6.07, 6.45) is 4.46. The fourth-order valence-electron chi connectivity index (χ4n) is 2.36. The van der Waals surface area contributed by atoms with Crippen molar-refractivity contribution >= 4 is 23.2 Å². The van der Waals surface area contributed by atoms with Crippen molar-refractivity contribution in [3.8, 4) is 0 Å². The molecule has 1 aliphatic heterocycles. The molecule has 2 N–H and O–H groups in total. The average Bonchev–Trinajstić information content (AvgIpc) is 3.23. The summed E-state index contributed by atoms with van der Waals surface area (Å²) in [6.45, 7) is 4.17. The third-order valence-corrected chi connectivity index (χ3v) is 3.76. The fraction of sp³-hybridized carbons (Fsp3) is 0.583. The maximum atomic E-state index is 5.60. The van der Waals surface area contributed by atoms with Crippen molar-refractivity contribution in [2.75, 3.05) is 31.1 Å². The zero-order chi connectivity index (χ0) is 12.5. The van der Waals surface area contributed by atoms with Gasteiger partial charge in [-0.15, -0.1) is 0 Å². The lowest BCUT2D eigenvalue weighted by molar-refractivity contribution is 0.247. The molecule has 1 aromatic heterocycles. The summed E-state index contributed by atoms with van der Waals surface area (Å²) in [5, 5.41) is 0. The molecule has 6 heteroatoms. The smallest absolute Gasteiger partial charge is 0.226 e. The van der Waals surface area contributed by atoms with Gasteiger partial charge in [0.1, 0.15) is 10.7 Å². The number of anilines is 1. The minimum Gasteiger partial charge on any atom is -0.388 e. The zero-order valence-electron chi connectivity index (χ0n) is 10.2. The lowest BCUT2D eigenvalue weighted by atomic mass is 10.3. The molecule has 1 aliphatic carbocycles. The predicted octanol–water partition coefficient (Wildman–Crippen LogP) is 0.395. The lowest BCUT2D eigenvalue weighted by Crippen LogP contribution is -2.47. The van der Waals surface area contributed by atoms with Gasteiger partial charge in [0.05, 0.1) is 0 Å². The van der Waals surface area contributed by atoms with E-state index in [1.807, 2.05) is 0 Å². The molecule has 0 aromatic carbocycles. The molecular formula is C12H17N5S. The van der Waals surface area contributed by atoms with Gasteiger partial charge in [-0.05, 0) is 18.9 Å². The third-order valence-electron chi connectivity index (χ3n) is 3.56. The SMILES string of the molecule is NC(=S)c1ccnc(N2CCN(C3CC3)CC2)n1. The summed E-state index contributed by atoms with van der Waals surface area (Å²) in [6, 6.07) is 2.60. The Labute approximate surface area is 112 Å². The second kappa shape index (κ2) is 4.78. The third kappa shape index (κ3) is 2.44. The second-order valence-corrected chi connectivity index (χ2v) is 5.30. The van der Waals surface area contributed by atoms with Crippen LogP contribution in [-0.2, 0) is 0 Å². The van der Waals surface area contributed by atoms with E-state index in [0.717, 1.165) is 38.2 Å². The van der Waals surface area contributed by atoms with Crippen molar-refractivity contribution in [3.63, 3.8) is 0 Å². The molecule has 96 valence electrons. The van der Waals surface area contributed by atoms with Gasteiger partial charge in [0.25, 0.3) is 0 Å². The van der Waals surface area contributed by atoms with Crippen LogP contribution >= 0.6 is 12.2 Å². The van der Waals surface area contributed by atoms with Crippen molar-refractivity contribution < 1.29 is 0 Å². The highest BCUT2D eigenvalue weighted by molar-refractivity contribution is 7.80. The number of thiocarbonyl (C=S) groups is 1. The molecule has 1 saturated heterocycles. The van der Waals surface area contributed by atoms with Crippen molar-refractivity contribution in [3.05, 3.63) is 18.0 Å². The maximum Gasteiger partial charge on any atom is 0.226 e. The van der Waals surface area contributed by atoms with Gasteiger partial charge in [-0.25, -0.2) is 9.97 Å². The highest BCUT2D eigenvalue weighted by atomic mass is 32.1. The largest absolute Gasteiger partial charge is 0.388 e. The average molecular weight is 263 g/mol. The van der Waals surface area contributed by atoms with Crippen LogP contribution in [0.2, 0.25) is 0 Å². The molecule has 3 rings (SSSR count). The summed E-state index contributed by atoms with van der Waals surface area (Å²) < 4.78 is 0. The van der Waals surface area contributed by atoms with Crippen LogP contribution in [0.5, 0.6) is 0 Å². The van der Waals surface area contributed by atoms with E-state index < -0.39 is 0 Å². The van der Waals surface area contributed by atoms with Gasteiger partial charge in [0.2, 0.25) is 5.95 Å². The first-order valence-corrected chi connectivity index (χ1v) is 6.77. The Kier molecular flexibility index (Phi) is 3.13. The van der Waals surface area contributed by atoms with Crippen LogP contribution < -0.4 is 10.6 Å². The minimum absolute atomic E-state index is 0.329. The van der Waals surface area contributed by atoms with Gasteiger partial charge >= 0.3 is 0 Å². The van der Waals surface area contributed by atoms with Gasteiger partial charge in [0, 0.05) is 38.4 Å². The molecule has 0 radical (unpaired) electrons. The predicted molar refractivity (Wildman–Crippen MR) is 74.7 cm³/mol. The van der Waals surface area contributed by atoms with Gasteiger partial charge < -0.3 is 10.6 Å². The lowest BCUT2D eigenvalue weighted by Gasteiger charge is -2.34. The number of nitrogens with two attached hydrogens (primary N) is 1. The second-order valence-electron chi connectivity index (χ2n) is 4.86. The van der Waals surface area contributed by atoms with E-state index in [-0.39, 0.29) is 0 Å². The number of hydrogen-bond donors (Lipinski definition) is 1. The van der Waals surface area contributed by atoms with E-state index >= 15 is 0 Å². The molecule has 0 bridgehead atoms.